The van der Waals surface area contributed by atoms with E-state index in [1.165, 1.54) is 29.8 Å². The molecule has 1 aromatic heterocycles. The van der Waals surface area contributed by atoms with Crippen molar-refractivity contribution in [3.8, 4) is 0 Å². The van der Waals surface area contributed by atoms with Crippen molar-refractivity contribution in [1.29, 1.82) is 0 Å². The van der Waals surface area contributed by atoms with E-state index in [1.807, 2.05) is 24.3 Å². The number of hydrogen-bond acceptors (Lipinski definition) is 3. The van der Waals surface area contributed by atoms with E-state index in [1.54, 1.807) is 12.4 Å². The zero-order valence-electron chi connectivity index (χ0n) is 13.4. The van der Waals surface area contributed by atoms with E-state index in [4.69, 9.17) is 0 Å². The van der Waals surface area contributed by atoms with Gasteiger partial charge in [-0.05, 0) is 42.7 Å². The highest BCUT2D eigenvalue weighted by Gasteiger charge is 2.26. The van der Waals surface area contributed by atoms with E-state index in [-0.39, 0.29) is 5.91 Å². The van der Waals surface area contributed by atoms with Gasteiger partial charge in [-0.2, -0.15) is 5.10 Å². The van der Waals surface area contributed by atoms with Gasteiger partial charge >= 0.3 is 0 Å². The number of amides is 1. The van der Waals surface area contributed by atoms with Gasteiger partial charge < -0.3 is 0 Å². The maximum Gasteiger partial charge on any atom is 0.253 e. The van der Waals surface area contributed by atoms with Crippen molar-refractivity contribution >= 4 is 17.3 Å². The average Bonchev–Trinajstić information content (AvgIpc) is 2.98. The number of aryl methyl sites for hydroxylation is 1. The maximum atomic E-state index is 12.2. The van der Waals surface area contributed by atoms with Crippen LogP contribution in [0.25, 0.3) is 0 Å². The Bertz CT molecular complexity index is 692. The fraction of sp³-hybridized carbons (Fsp3) is 0.316. The van der Waals surface area contributed by atoms with E-state index in [0.29, 0.717) is 6.42 Å². The summed E-state index contributed by atoms with van der Waals surface area (Å²) in [6, 6.07) is 11.9. The molecule has 0 fully saturated rings. The molecule has 3 rings (SSSR count). The number of benzene rings is 1. The highest BCUT2D eigenvalue weighted by atomic mass is 16.2. The largest absolute Gasteiger partial charge is 0.272 e. The van der Waals surface area contributed by atoms with Crippen molar-refractivity contribution in [2.45, 2.75) is 39.0 Å². The number of rotatable bonds is 6. The second-order valence-corrected chi connectivity index (χ2v) is 5.79. The molecular weight excluding hydrogens is 286 g/mol. The lowest BCUT2D eigenvalue weighted by Crippen LogP contribution is -2.19. The van der Waals surface area contributed by atoms with Gasteiger partial charge in [-0.1, -0.05) is 31.9 Å². The fourth-order valence-corrected chi connectivity index (χ4v) is 2.71. The highest BCUT2D eigenvalue weighted by molar-refractivity contribution is 6.19. The summed E-state index contributed by atoms with van der Waals surface area (Å²) in [5, 5.41) is 5.97. The third kappa shape index (κ3) is 3.65. The molecule has 23 heavy (non-hydrogen) atoms. The first kappa shape index (κ1) is 15.4. The summed E-state index contributed by atoms with van der Waals surface area (Å²) in [4.78, 5) is 16.3. The van der Waals surface area contributed by atoms with Crippen LogP contribution in [0.4, 0.5) is 5.69 Å². The molecule has 0 aliphatic carbocycles. The van der Waals surface area contributed by atoms with Gasteiger partial charge in [-0.3, -0.25) is 9.78 Å². The molecule has 0 N–H and O–H groups in total. The molecular formula is C19H21N3O. The number of carbonyl (C=O) groups is 1. The summed E-state index contributed by atoms with van der Waals surface area (Å²) in [7, 11) is 0. The summed E-state index contributed by atoms with van der Waals surface area (Å²) in [5.74, 6) is 0.00239. The van der Waals surface area contributed by atoms with Crippen molar-refractivity contribution in [2.24, 2.45) is 5.10 Å². The Hall–Kier alpha value is -2.49. The van der Waals surface area contributed by atoms with E-state index < -0.39 is 0 Å². The van der Waals surface area contributed by atoms with Gasteiger partial charge in [0.25, 0.3) is 5.91 Å². The molecule has 0 spiro atoms. The van der Waals surface area contributed by atoms with Crippen LogP contribution in [0.1, 0.15) is 43.7 Å². The molecule has 4 nitrogen and oxygen atoms in total. The fourth-order valence-electron chi connectivity index (χ4n) is 2.71. The first-order valence-electron chi connectivity index (χ1n) is 8.17. The summed E-state index contributed by atoms with van der Waals surface area (Å²) >= 11 is 0. The molecule has 0 unspecified atom stereocenters. The van der Waals surface area contributed by atoms with E-state index in [9.17, 15) is 4.79 Å². The highest BCUT2D eigenvalue weighted by Crippen LogP contribution is 2.23. The van der Waals surface area contributed by atoms with E-state index >= 15 is 0 Å². The van der Waals surface area contributed by atoms with Gasteiger partial charge in [0.15, 0.2) is 0 Å². The minimum atomic E-state index is 0.00239. The zero-order chi connectivity index (χ0) is 16.1. The number of anilines is 1. The Morgan fingerprint density at radius 3 is 2.65 bits per heavy atom. The van der Waals surface area contributed by atoms with E-state index in [0.717, 1.165) is 23.4 Å². The summed E-state index contributed by atoms with van der Waals surface area (Å²) in [6.45, 7) is 2.21. The zero-order valence-corrected chi connectivity index (χ0v) is 13.4. The Labute approximate surface area is 136 Å². The molecule has 0 bridgehead atoms. The number of aromatic nitrogens is 1. The third-order valence-electron chi connectivity index (χ3n) is 4.02. The maximum absolute atomic E-state index is 12.2. The smallest absolute Gasteiger partial charge is 0.253 e. The molecule has 1 amide bonds. The molecule has 4 heteroatoms. The average molecular weight is 307 g/mol. The monoisotopic (exact) mass is 307 g/mol. The predicted octanol–water partition coefficient (Wildman–Crippen LogP) is 3.96. The molecule has 2 aromatic rings. The second-order valence-electron chi connectivity index (χ2n) is 5.79. The van der Waals surface area contributed by atoms with Crippen molar-refractivity contribution in [1.82, 2.24) is 4.98 Å². The number of pyridine rings is 1. The van der Waals surface area contributed by atoms with Gasteiger partial charge in [-0.25, -0.2) is 5.01 Å². The Kier molecular flexibility index (Phi) is 4.81. The molecule has 0 radical (unpaired) electrons. The SMILES string of the molecule is CCCCCc1ccc(N2N=C(c3cccnc3)CC2=O)cc1. The van der Waals surface area contributed by atoms with Gasteiger partial charge in [0, 0.05) is 18.0 Å². The predicted molar refractivity (Wildman–Crippen MR) is 92.5 cm³/mol. The molecule has 118 valence electrons. The van der Waals surface area contributed by atoms with Crippen LogP contribution in [0.3, 0.4) is 0 Å². The van der Waals surface area contributed by atoms with Crippen LogP contribution in [-0.2, 0) is 11.2 Å². The Morgan fingerprint density at radius 2 is 1.96 bits per heavy atom. The molecule has 0 atom stereocenters. The standard InChI is InChI=1S/C19H21N3O/c1-2-3-4-6-15-8-10-17(11-9-15)22-19(23)13-18(21-22)16-7-5-12-20-14-16/h5,7-12,14H,2-4,6,13H2,1H3. The number of nitrogens with zero attached hydrogens (tertiary/aromatic N) is 3. The molecule has 1 aliphatic rings. The summed E-state index contributed by atoms with van der Waals surface area (Å²) in [6.07, 6.45) is 8.57. The molecule has 1 aromatic carbocycles. The van der Waals surface area contributed by atoms with Gasteiger partial charge in [0.05, 0.1) is 17.8 Å². The lowest BCUT2D eigenvalue weighted by atomic mass is 10.1. The normalized spacial score (nSPS) is 14.2. The van der Waals surface area contributed by atoms with Crippen molar-refractivity contribution in [3.05, 3.63) is 59.9 Å². The summed E-state index contributed by atoms with van der Waals surface area (Å²) < 4.78 is 0. The molecule has 0 saturated heterocycles. The number of hydrazone groups is 1. The minimum Gasteiger partial charge on any atom is -0.272 e. The van der Waals surface area contributed by atoms with Crippen LogP contribution in [0.5, 0.6) is 0 Å². The van der Waals surface area contributed by atoms with Crippen molar-refractivity contribution in [3.63, 3.8) is 0 Å². The van der Waals surface area contributed by atoms with Crippen LogP contribution in [0, 0.1) is 0 Å². The number of unbranched alkanes of at least 4 members (excludes halogenated alkanes) is 2. The van der Waals surface area contributed by atoms with Crippen LogP contribution < -0.4 is 5.01 Å². The molecule has 1 aliphatic heterocycles. The lowest BCUT2D eigenvalue weighted by Gasteiger charge is -2.12. The van der Waals surface area contributed by atoms with Crippen LogP contribution in [-0.4, -0.2) is 16.6 Å². The molecule has 0 saturated carbocycles. The minimum absolute atomic E-state index is 0.00239. The first-order chi connectivity index (χ1) is 11.3. The van der Waals surface area contributed by atoms with Crippen molar-refractivity contribution in [2.75, 3.05) is 5.01 Å². The first-order valence-corrected chi connectivity index (χ1v) is 8.17. The number of hydrogen-bond donors (Lipinski definition) is 0. The summed E-state index contributed by atoms with van der Waals surface area (Å²) in [5.41, 5.74) is 3.81. The molecule has 2 heterocycles. The van der Waals surface area contributed by atoms with Crippen LogP contribution in [0.15, 0.2) is 53.9 Å². The van der Waals surface area contributed by atoms with Crippen molar-refractivity contribution < 1.29 is 4.79 Å². The third-order valence-corrected chi connectivity index (χ3v) is 4.02. The second kappa shape index (κ2) is 7.18. The topological polar surface area (TPSA) is 45.6 Å². The Morgan fingerprint density at radius 1 is 1.13 bits per heavy atom. The van der Waals surface area contributed by atoms with Gasteiger partial charge in [-0.15, -0.1) is 0 Å². The van der Waals surface area contributed by atoms with Gasteiger partial charge in [0.2, 0.25) is 0 Å². The van der Waals surface area contributed by atoms with Gasteiger partial charge in [0.1, 0.15) is 0 Å². The van der Waals surface area contributed by atoms with Crippen LogP contribution in [0.2, 0.25) is 0 Å². The Balaban J connectivity index is 1.73. The van der Waals surface area contributed by atoms with Crippen LogP contribution >= 0.6 is 0 Å². The van der Waals surface area contributed by atoms with E-state index in [2.05, 4.69) is 29.1 Å². The lowest BCUT2D eigenvalue weighted by molar-refractivity contribution is -0.116. The number of carbonyl (C=O) groups excluding carboxylic acids is 1. The quantitative estimate of drug-likeness (QED) is 0.758.